The first-order valence-electron chi connectivity index (χ1n) is 24.4. The number of furan rings is 2. The van der Waals surface area contributed by atoms with E-state index in [2.05, 4.69) is 203 Å². The number of rotatable bonds is 2. The van der Waals surface area contributed by atoms with Gasteiger partial charge in [0.25, 0.3) is 0 Å². The largest absolute Gasteiger partial charge is 0.456 e. The predicted molar refractivity (Wildman–Crippen MR) is 289 cm³/mol. The summed E-state index contributed by atoms with van der Waals surface area (Å²) in [5, 5.41) is 9.01. The van der Waals surface area contributed by atoms with Crippen LogP contribution in [0.1, 0.15) is 49.9 Å². The standard InChI is InChI=1S/C61H34N2O2.2C2H6/c1-7-19-47-37(13-1)38-14-2-8-20-48(38)61(47)49-21-9-3-15-39(49)40-27-25-36(34-50(40)61)63-52-23-11-5-18-45(52)58-54(63)31-29-43-42-28-30-53-57(59(42)65-60(43)58)44-17-4-10-22-51(44)62(53)35-26-32-56-46(33-35)41-16-6-12-24-55(41)64-56;2*1-2/h1-34H;2*1-2H3. The van der Waals surface area contributed by atoms with Gasteiger partial charge in [0.05, 0.1) is 38.3 Å². The van der Waals surface area contributed by atoms with Crippen LogP contribution >= 0.6 is 0 Å². The number of para-hydroxylation sites is 3. The van der Waals surface area contributed by atoms with Crippen LogP contribution in [0.3, 0.4) is 0 Å². The summed E-state index contributed by atoms with van der Waals surface area (Å²) in [5.41, 5.74) is 20.5. The molecule has 2 aliphatic carbocycles. The molecule has 4 heteroatoms. The zero-order chi connectivity index (χ0) is 46.1. The van der Waals surface area contributed by atoms with Gasteiger partial charge in [-0.15, -0.1) is 0 Å². The zero-order valence-electron chi connectivity index (χ0n) is 38.8. The summed E-state index contributed by atoms with van der Waals surface area (Å²) in [5.74, 6) is 0. The minimum absolute atomic E-state index is 0.428. The third kappa shape index (κ3) is 5.02. The molecule has 0 amide bonds. The van der Waals surface area contributed by atoms with Crippen molar-refractivity contribution in [1.29, 1.82) is 0 Å². The zero-order valence-corrected chi connectivity index (χ0v) is 38.8. The van der Waals surface area contributed by atoms with Crippen LogP contribution in [0.5, 0.6) is 0 Å². The smallest absolute Gasteiger partial charge is 0.145 e. The highest BCUT2D eigenvalue weighted by Gasteiger charge is 2.51. The Bertz CT molecular complexity index is 4370. The summed E-state index contributed by atoms with van der Waals surface area (Å²) >= 11 is 0. The first kappa shape index (κ1) is 39.6. The molecule has 328 valence electrons. The predicted octanol–water partition coefficient (Wildman–Crippen LogP) is 18.1. The fraction of sp³-hybridized carbons (Fsp3) is 0.0769. The lowest BCUT2D eigenvalue weighted by Gasteiger charge is -2.30. The van der Waals surface area contributed by atoms with E-state index in [-0.39, 0.29) is 0 Å². The summed E-state index contributed by atoms with van der Waals surface area (Å²) in [7, 11) is 0. The first-order valence-corrected chi connectivity index (χ1v) is 24.4. The van der Waals surface area contributed by atoms with Gasteiger partial charge in [-0.25, -0.2) is 0 Å². The van der Waals surface area contributed by atoms with Gasteiger partial charge >= 0.3 is 0 Å². The van der Waals surface area contributed by atoms with Gasteiger partial charge in [0.2, 0.25) is 0 Å². The van der Waals surface area contributed by atoms with Gasteiger partial charge in [-0.3, -0.25) is 0 Å². The Morgan fingerprint density at radius 3 is 1.30 bits per heavy atom. The maximum Gasteiger partial charge on any atom is 0.145 e. The van der Waals surface area contributed by atoms with Crippen LogP contribution in [-0.2, 0) is 5.41 Å². The van der Waals surface area contributed by atoms with Crippen molar-refractivity contribution in [3.05, 3.63) is 229 Å². The lowest BCUT2D eigenvalue weighted by molar-refractivity contribution is 0.669. The van der Waals surface area contributed by atoms with Crippen LogP contribution in [0.4, 0.5) is 0 Å². The van der Waals surface area contributed by atoms with Crippen LogP contribution in [0.15, 0.2) is 215 Å². The summed E-state index contributed by atoms with van der Waals surface area (Å²) in [6, 6.07) is 75.7. The third-order valence-electron chi connectivity index (χ3n) is 14.9. The fourth-order valence-electron chi connectivity index (χ4n) is 12.4. The maximum absolute atomic E-state index is 7.34. The van der Waals surface area contributed by atoms with Crippen LogP contribution in [0.25, 0.3) is 121 Å². The molecule has 0 fully saturated rings. The SMILES string of the molecule is CC.CC.c1ccc2c(c1)-c1ccccc1C21c2ccccc2-c2ccc(-n3c4ccccc4c4c5oc6c(ccc7c6c6ccccc6n7-c6ccc7oc8ccccc8c7c6)c5ccc43)cc21. The average Bonchev–Trinajstić information content (AvgIpc) is 4.26. The number of hydrogen-bond acceptors (Lipinski definition) is 2. The molecule has 14 aromatic rings. The Hall–Kier alpha value is -8.60. The Labute approximate surface area is 398 Å². The van der Waals surface area contributed by atoms with Crippen molar-refractivity contribution in [2.45, 2.75) is 33.1 Å². The highest BCUT2D eigenvalue weighted by atomic mass is 16.3. The van der Waals surface area contributed by atoms with Gasteiger partial charge in [0.15, 0.2) is 0 Å². The van der Waals surface area contributed by atoms with Crippen molar-refractivity contribution >= 4 is 87.5 Å². The van der Waals surface area contributed by atoms with E-state index in [1.165, 1.54) is 49.9 Å². The molecule has 0 atom stereocenters. The van der Waals surface area contributed by atoms with E-state index in [9.17, 15) is 0 Å². The molecular formula is C65H46N2O2. The second-order valence-electron chi connectivity index (χ2n) is 17.9. The number of nitrogens with zero attached hydrogens (tertiary/aromatic N) is 2. The van der Waals surface area contributed by atoms with Gasteiger partial charge in [-0.05, 0) is 117 Å². The lowest BCUT2D eigenvalue weighted by atomic mass is 9.70. The molecule has 1 spiro atoms. The highest BCUT2D eigenvalue weighted by molar-refractivity contribution is 6.29. The second kappa shape index (κ2) is 14.7. The summed E-state index contributed by atoms with van der Waals surface area (Å²) in [6.07, 6.45) is 0. The van der Waals surface area contributed by atoms with Crippen LogP contribution in [0, 0.1) is 0 Å². The molecule has 0 unspecified atom stereocenters. The van der Waals surface area contributed by atoms with Gasteiger partial charge in [0, 0.05) is 43.7 Å². The third-order valence-corrected chi connectivity index (χ3v) is 14.9. The molecule has 0 radical (unpaired) electrons. The second-order valence-corrected chi connectivity index (χ2v) is 17.9. The fourth-order valence-corrected chi connectivity index (χ4v) is 12.4. The monoisotopic (exact) mass is 886 g/mol. The van der Waals surface area contributed by atoms with Crippen molar-refractivity contribution < 1.29 is 8.83 Å². The molecule has 0 saturated carbocycles. The van der Waals surface area contributed by atoms with Crippen molar-refractivity contribution in [3.63, 3.8) is 0 Å². The Morgan fingerprint density at radius 2 is 0.739 bits per heavy atom. The summed E-state index contributed by atoms with van der Waals surface area (Å²) < 4.78 is 18.4. The number of hydrogen-bond donors (Lipinski definition) is 0. The van der Waals surface area contributed by atoms with E-state index in [4.69, 9.17) is 8.83 Å². The normalized spacial score (nSPS) is 13.0. The van der Waals surface area contributed by atoms with E-state index in [0.29, 0.717) is 0 Å². The molecule has 0 saturated heterocycles. The van der Waals surface area contributed by atoms with E-state index in [1.54, 1.807) is 0 Å². The van der Waals surface area contributed by atoms with Gasteiger partial charge in [-0.2, -0.15) is 0 Å². The van der Waals surface area contributed by atoms with Crippen molar-refractivity contribution in [2.75, 3.05) is 0 Å². The number of benzene rings is 10. The number of aromatic nitrogens is 2. The lowest BCUT2D eigenvalue weighted by Crippen LogP contribution is -2.26. The maximum atomic E-state index is 7.34. The molecule has 0 bridgehead atoms. The minimum Gasteiger partial charge on any atom is -0.456 e. The first-order chi connectivity index (χ1) is 34.3. The van der Waals surface area contributed by atoms with Crippen LogP contribution in [-0.4, -0.2) is 9.13 Å². The average molecular weight is 887 g/mol. The van der Waals surface area contributed by atoms with Crippen LogP contribution < -0.4 is 0 Å². The van der Waals surface area contributed by atoms with E-state index in [0.717, 1.165) is 93.5 Å². The molecule has 4 aromatic heterocycles. The quantitative estimate of drug-likeness (QED) is 0.173. The molecule has 69 heavy (non-hydrogen) atoms. The Balaban J connectivity index is 0.00000109. The molecule has 16 rings (SSSR count). The molecule has 10 aromatic carbocycles. The van der Waals surface area contributed by atoms with E-state index < -0.39 is 5.41 Å². The van der Waals surface area contributed by atoms with Gasteiger partial charge < -0.3 is 18.0 Å². The molecule has 2 aliphatic rings. The van der Waals surface area contributed by atoms with E-state index in [1.807, 2.05) is 39.8 Å². The number of fused-ring (bicyclic) bond motifs is 24. The minimum atomic E-state index is -0.428. The Morgan fingerprint density at radius 1 is 0.304 bits per heavy atom. The van der Waals surface area contributed by atoms with Crippen molar-refractivity contribution in [3.8, 4) is 33.6 Å². The van der Waals surface area contributed by atoms with Gasteiger partial charge in [0.1, 0.15) is 22.3 Å². The highest BCUT2D eigenvalue weighted by Crippen LogP contribution is 2.63. The van der Waals surface area contributed by atoms with E-state index >= 15 is 0 Å². The Kier molecular flexibility index (Phi) is 8.43. The summed E-state index contributed by atoms with van der Waals surface area (Å²) in [6.45, 7) is 8.00. The van der Waals surface area contributed by atoms with Crippen molar-refractivity contribution in [2.24, 2.45) is 0 Å². The van der Waals surface area contributed by atoms with Gasteiger partial charge in [-0.1, -0.05) is 161 Å². The molecule has 4 heterocycles. The van der Waals surface area contributed by atoms with Crippen molar-refractivity contribution in [1.82, 2.24) is 9.13 Å². The molecule has 0 aliphatic heterocycles. The summed E-state index contributed by atoms with van der Waals surface area (Å²) in [4.78, 5) is 0. The molecule has 4 nitrogen and oxygen atoms in total. The molecular weight excluding hydrogens is 841 g/mol. The molecule has 0 N–H and O–H groups in total. The topological polar surface area (TPSA) is 36.1 Å². The van der Waals surface area contributed by atoms with Crippen LogP contribution in [0.2, 0.25) is 0 Å².